The number of pyridine rings is 2. The summed E-state index contributed by atoms with van der Waals surface area (Å²) < 4.78 is 27.2. The standard InChI is InChI=1S/C18H17N3O2S/c22-24(23,14-15-6-2-1-3-7-15)21-13-17-9-5-11-20-18(17)16-8-4-10-19-12-16/h1-12,21H,13-14H2. The van der Waals surface area contributed by atoms with Crippen LogP contribution in [0.25, 0.3) is 11.3 Å². The molecule has 0 aliphatic heterocycles. The Morgan fingerprint density at radius 3 is 2.46 bits per heavy atom. The second-order valence-electron chi connectivity index (χ2n) is 5.32. The van der Waals surface area contributed by atoms with Crippen molar-refractivity contribution in [1.82, 2.24) is 14.7 Å². The van der Waals surface area contributed by atoms with E-state index in [1.807, 2.05) is 36.4 Å². The molecule has 3 aromatic rings. The summed E-state index contributed by atoms with van der Waals surface area (Å²) in [5.41, 5.74) is 3.15. The van der Waals surface area contributed by atoms with E-state index in [-0.39, 0.29) is 12.3 Å². The van der Waals surface area contributed by atoms with Gasteiger partial charge in [-0.1, -0.05) is 36.4 Å². The highest BCUT2D eigenvalue weighted by molar-refractivity contribution is 7.88. The minimum atomic E-state index is -3.43. The Hall–Kier alpha value is -2.57. The molecule has 0 fully saturated rings. The maximum atomic E-state index is 12.3. The van der Waals surface area contributed by atoms with Crippen molar-refractivity contribution in [3.8, 4) is 11.3 Å². The number of sulfonamides is 1. The first-order chi connectivity index (χ1) is 11.6. The minimum Gasteiger partial charge on any atom is -0.264 e. The van der Waals surface area contributed by atoms with Crippen molar-refractivity contribution in [2.45, 2.75) is 12.3 Å². The maximum Gasteiger partial charge on any atom is 0.216 e. The highest BCUT2D eigenvalue weighted by Crippen LogP contribution is 2.20. The van der Waals surface area contributed by atoms with Crippen LogP contribution in [0.15, 0.2) is 73.2 Å². The van der Waals surface area contributed by atoms with Gasteiger partial charge in [-0.15, -0.1) is 0 Å². The Morgan fingerprint density at radius 1 is 0.917 bits per heavy atom. The number of benzene rings is 1. The Kier molecular flexibility index (Phi) is 4.98. The van der Waals surface area contributed by atoms with Crippen LogP contribution in [-0.2, 0) is 22.3 Å². The molecule has 122 valence electrons. The molecule has 0 amide bonds. The summed E-state index contributed by atoms with van der Waals surface area (Å²) in [7, 11) is -3.43. The fraction of sp³-hybridized carbons (Fsp3) is 0.111. The average Bonchev–Trinajstić information content (AvgIpc) is 2.62. The summed E-state index contributed by atoms with van der Waals surface area (Å²) in [5.74, 6) is -0.0453. The van der Waals surface area contributed by atoms with Crippen LogP contribution in [-0.4, -0.2) is 18.4 Å². The zero-order chi connectivity index (χ0) is 16.8. The lowest BCUT2D eigenvalue weighted by atomic mass is 10.1. The van der Waals surface area contributed by atoms with Gasteiger partial charge in [-0.05, 0) is 29.3 Å². The topological polar surface area (TPSA) is 72.0 Å². The normalized spacial score (nSPS) is 11.3. The summed E-state index contributed by atoms with van der Waals surface area (Å²) >= 11 is 0. The number of rotatable bonds is 6. The highest BCUT2D eigenvalue weighted by atomic mass is 32.2. The number of nitrogens with zero attached hydrogens (tertiary/aromatic N) is 2. The van der Waals surface area contributed by atoms with Crippen LogP contribution in [0.1, 0.15) is 11.1 Å². The van der Waals surface area contributed by atoms with Gasteiger partial charge in [-0.3, -0.25) is 9.97 Å². The predicted octanol–water partition coefficient (Wildman–Crippen LogP) is 2.76. The van der Waals surface area contributed by atoms with Crippen molar-refractivity contribution in [2.75, 3.05) is 0 Å². The molecular weight excluding hydrogens is 322 g/mol. The molecule has 1 aromatic carbocycles. The van der Waals surface area contributed by atoms with Crippen LogP contribution in [0.5, 0.6) is 0 Å². The molecule has 0 saturated heterocycles. The number of hydrogen-bond acceptors (Lipinski definition) is 4. The van der Waals surface area contributed by atoms with Crippen LogP contribution in [0, 0.1) is 0 Å². The quantitative estimate of drug-likeness (QED) is 0.749. The average molecular weight is 339 g/mol. The molecule has 0 atom stereocenters. The molecule has 24 heavy (non-hydrogen) atoms. The molecular formula is C18H17N3O2S. The van der Waals surface area contributed by atoms with E-state index in [0.717, 1.165) is 22.4 Å². The Morgan fingerprint density at radius 2 is 1.71 bits per heavy atom. The lowest BCUT2D eigenvalue weighted by molar-refractivity contribution is 0.580. The summed E-state index contributed by atoms with van der Waals surface area (Å²) in [5, 5.41) is 0. The van der Waals surface area contributed by atoms with Gasteiger partial charge in [0.1, 0.15) is 0 Å². The van der Waals surface area contributed by atoms with Crippen LogP contribution in [0.2, 0.25) is 0 Å². The van der Waals surface area contributed by atoms with Gasteiger partial charge >= 0.3 is 0 Å². The Balaban J connectivity index is 1.75. The van der Waals surface area contributed by atoms with E-state index in [0.29, 0.717) is 0 Å². The molecule has 3 rings (SSSR count). The van der Waals surface area contributed by atoms with E-state index >= 15 is 0 Å². The van der Waals surface area contributed by atoms with Gasteiger partial charge in [0.15, 0.2) is 0 Å². The first-order valence-electron chi connectivity index (χ1n) is 7.50. The number of aromatic nitrogens is 2. The summed E-state index contributed by atoms with van der Waals surface area (Å²) in [6.45, 7) is 0.188. The molecule has 0 spiro atoms. The SMILES string of the molecule is O=S(=O)(Cc1ccccc1)NCc1cccnc1-c1cccnc1. The molecule has 0 aliphatic carbocycles. The van der Waals surface area contributed by atoms with E-state index < -0.39 is 10.0 Å². The highest BCUT2D eigenvalue weighted by Gasteiger charge is 2.13. The van der Waals surface area contributed by atoms with Crippen LogP contribution >= 0.6 is 0 Å². The third-order valence-corrected chi connectivity index (χ3v) is 4.81. The molecule has 0 bridgehead atoms. The van der Waals surface area contributed by atoms with Crippen molar-refractivity contribution >= 4 is 10.0 Å². The van der Waals surface area contributed by atoms with Gasteiger partial charge < -0.3 is 0 Å². The summed E-state index contributed by atoms with van der Waals surface area (Å²) in [6, 6.07) is 16.5. The second-order valence-corrected chi connectivity index (χ2v) is 7.13. The fourth-order valence-electron chi connectivity index (χ4n) is 2.38. The minimum absolute atomic E-state index is 0.0453. The summed E-state index contributed by atoms with van der Waals surface area (Å²) in [4.78, 5) is 8.45. The van der Waals surface area contributed by atoms with Gasteiger partial charge in [0.2, 0.25) is 10.0 Å². The zero-order valence-corrected chi connectivity index (χ0v) is 13.8. The molecule has 0 aliphatic rings. The first-order valence-corrected chi connectivity index (χ1v) is 9.15. The fourth-order valence-corrected chi connectivity index (χ4v) is 3.49. The predicted molar refractivity (Wildman–Crippen MR) is 93.4 cm³/mol. The van der Waals surface area contributed by atoms with Gasteiger partial charge in [0, 0.05) is 30.7 Å². The monoisotopic (exact) mass is 339 g/mol. The van der Waals surface area contributed by atoms with E-state index in [4.69, 9.17) is 0 Å². The molecule has 0 saturated carbocycles. The largest absolute Gasteiger partial charge is 0.264 e. The van der Waals surface area contributed by atoms with Crippen molar-refractivity contribution in [3.63, 3.8) is 0 Å². The van der Waals surface area contributed by atoms with Gasteiger partial charge in [0.25, 0.3) is 0 Å². The lowest BCUT2D eigenvalue weighted by Crippen LogP contribution is -2.25. The number of nitrogens with one attached hydrogen (secondary N) is 1. The lowest BCUT2D eigenvalue weighted by Gasteiger charge is -2.10. The molecule has 2 aromatic heterocycles. The molecule has 6 heteroatoms. The maximum absolute atomic E-state index is 12.3. The number of hydrogen-bond donors (Lipinski definition) is 1. The van der Waals surface area contributed by atoms with Crippen LogP contribution < -0.4 is 4.72 Å². The smallest absolute Gasteiger partial charge is 0.216 e. The van der Waals surface area contributed by atoms with Crippen molar-refractivity contribution in [2.24, 2.45) is 0 Å². The van der Waals surface area contributed by atoms with E-state index in [2.05, 4.69) is 14.7 Å². The van der Waals surface area contributed by atoms with Crippen molar-refractivity contribution < 1.29 is 8.42 Å². The second kappa shape index (κ2) is 7.33. The third-order valence-electron chi connectivity index (χ3n) is 3.51. The molecule has 5 nitrogen and oxygen atoms in total. The summed E-state index contributed by atoms with van der Waals surface area (Å²) in [6.07, 6.45) is 5.09. The molecule has 0 radical (unpaired) electrons. The zero-order valence-electron chi connectivity index (χ0n) is 13.0. The van der Waals surface area contributed by atoms with Gasteiger partial charge in [0.05, 0.1) is 11.4 Å². The van der Waals surface area contributed by atoms with Crippen molar-refractivity contribution in [1.29, 1.82) is 0 Å². The third kappa shape index (κ3) is 4.24. The Labute approximate surface area is 141 Å². The van der Waals surface area contributed by atoms with E-state index in [1.54, 1.807) is 36.8 Å². The van der Waals surface area contributed by atoms with Crippen molar-refractivity contribution in [3.05, 3.63) is 84.3 Å². The van der Waals surface area contributed by atoms with Gasteiger partial charge in [-0.2, -0.15) is 0 Å². The molecule has 2 heterocycles. The van der Waals surface area contributed by atoms with Gasteiger partial charge in [-0.25, -0.2) is 13.1 Å². The van der Waals surface area contributed by atoms with E-state index in [9.17, 15) is 8.42 Å². The molecule has 0 unspecified atom stereocenters. The van der Waals surface area contributed by atoms with Crippen LogP contribution in [0.4, 0.5) is 0 Å². The Bertz CT molecular complexity index is 898. The van der Waals surface area contributed by atoms with Crippen LogP contribution in [0.3, 0.4) is 0 Å². The first kappa shape index (κ1) is 16.3. The molecule has 1 N–H and O–H groups in total. The van der Waals surface area contributed by atoms with E-state index in [1.165, 1.54) is 0 Å².